The van der Waals surface area contributed by atoms with Crippen molar-refractivity contribution in [2.45, 2.75) is 18.9 Å². The summed E-state index contributed by atoms with van der Waals surface area (Å²) in [6, 6.07) is 8.38. The topological polar surface area (TPSA) is 34.1 Å². The zero-order valence-corrected chi connectivity index (χ0v) is 8.48. The van der Waals surface area contributed by atoms with Crippen LogP contribution in [-0.2, 0) is 16.0 Å². The van der Waals surface area contributed by atoms with E-state index in [0.29, 0.717) is 6.61 Å². The maximum absolute atomic E-state index is 5.26. The van der Waals surface area contributed by atoms with Crippen LogP contribution in [-0.4, -0.2) is 25.0 Å². The number of benzene rings is 1. The van der Waals surface area contributed by atoms with E-state index in [2.05, 4.69) is 23.4 Å². The van der Waals surface area contributed by atoms with Crippen LogP contribution in [0, 0.1) is 0 Å². The molecule has 1 saturated heterocycles. The monoisotopic (exact) mass is 203 g/mol. The van der Waals surface area contributed by atoms with Gasteiger partial charge in [-0.1, -0.05) is 29.4 Å². The van der Waals surface area contributed by atoms with Crippen molar-refractivity contribution in [3.05, 3.63) is 35.4 Å². The molecule has 1 aromatic rings. The predicted molar refractivity (Wildman–Crippen MR) is 57.0 cm³/mol. The van der Waals surface area contributed by atoms with Gasteiger partial charge in [0.2, 0.25) is 0 Å². The van der Waals surface area contributed by atoms with E-state index in [1.165, 1.54) is 11.1 Å². The number of rotatable bonds is 3. The Morgan fingerprint density at radius 2 is 2.20 bits per heavy atom. The molecular weight excluding hydrogens is 190 g/mol. The Bertz CT molecular complexity index is 396. The second-order valence-electron chi connectivity index (χ2n) is 3.95. The van der Waals surface area contributed by atoms with Crippen LogP contribution < -0.4 is 0 Å². The molecule has 0 spiro atoms. The van der Waals surface area contributed by atoms with Crippen LogP contribution in [0.1, 0.15) is 17.5 Å². The van der Waals surface area contributed by atoms with Crippen molar-refractivity contribution in [3.63, 3.8) is 0 Å². The standard InChI is InChI=1S/C12H13NO2/c1-2-4-11-9(3-1)5-6-12(11)13-15-8-10-7-14-10/h1-4,10H,5-8H2/b13-12-/t10-/m1/s1. The number of nitrogens with zero attached hydrogens (tertiary/aromatic N) is 1. The van der Waals surface area contributed by atoms with Gasteiger partial charge in [-0.3, -0.25) is 0 Å². The summed E-state index contributed by atoms with van der Waals surface area (Å²) in [6.07, 6.45) is 2.36. The Kier molecular flexibility index (Phi) is 2.18. The molecule has 0 N–H and O–H groups in total. The smallest absolute Gasteiger partial charge is 0.145 e. The molecule has 0 amide bonds. The van der Waals surface area contributed by atoms with E-state index in [-0.39, 0.29) is 6.10 Å². The first-order valence-corrected chi connectivity index (χ1v) is 5.32. The molecule has 3 heteroatoms. The van der Waals surface area contributed by atoms with Crippen molar-refractivity contribution in [2.75, 3.05) is 13.2 Å². The molecule has 0 radical (unpaired) electrons. The van der Waals surface area contributed by atoms with Crippen LogP contribution in [0.3, 0.4) is 0 Å². The van der Waals surface area contributed by atoms with Crippen LogP contribution >= 0.6 is 0 Å². The molecule has 15 heavy (non-hydrogen) atoms. The highest BCUT2D eigenvalue weighted by Crippen LogP contribution is 2.22. The van der Waals surface area contributed by atoms with Crippen LogP contribution in [0.25, 0.3) is 0 Å². The average molecular weight is 203 g/mol. The molecule has 3 rings (SSSR count). The highest BCUT2D eigenvalue weighted by atomic mass is 16.7. The quantitative estimate of drug-likeness (QED) is 0.554. The second kappa shape index (κ2) is 3.66. The minimum absolute atomic E-state index is 0.283. The van der Waals surface area contributed by atoms with E-state index in [1.807, 2.05) is 6.07 Å². The number of hydrogen-bond donors (Lipinski definition) is 0. The third kappa shape index (κ3) is 1.88. The van der Waals surface area contributed by atoms with Gasteiger partial charge in [-0.05, 0) is 18.4 Å². The van der Waals surface area contributed by atoms with Crippen molar-refractivity contribution >= 4 is 5.71 Å². The SMILES string of the molecule is c1ccc2c(c1)CC/C2=N/OC[C@H]1CO1. The predicted octanol–water partition coefficient (Wildman–Crippen LogP) is 1.75. The molecule has 1 aromatic carbocycles. The van der Waals surface area contributed by atoms with Gasteiger partial charge in [0.1, 0.15) is 12.7 Å². The number of oxime groups is 1. The van der Waals surface area contributed by atoms with E-state index < -0.39 is 0 Å². The summed E-state index contributed by atoms with van der Waals surface area (Å²) in [5.41, 5.74) is 3.70. The van der Waals surface area contributed by atoms with Crippen molar-refractivity contribution in [1.29, 1.82) is 0 Å². The Morgan fingerprint density at radius 3 is 3.07 bits per heavy atom. The number of hydrogen-bond acceptors (Lipinski definition) is 3. The van der Waals surface area contributed by atoms with Crippen LogP contribution in [0.5, 0.6) is 0 Å². The molecule has 3 nitrogen and oxygen atoms in total. The minimum Gasteiger partial charge on any atom is -0.393 e. The number of ether oxygens (including phenoxy) is 1. The Morgan fingerprint density at radius 1 is 1.33 bits per heavy atom. The van der Waals surface area contributed by atoms with Crippen molar-refractivity contribution in [3.8, 4) is 0 Å². The third-order valence-electron chi connectivity index (χ3n) is 2.80. The van der Waals surface area contributed by atoms with Gasteiger partial charge >= 0.3 is 0 Å². The number of epoxide rings is 1. The molecule has 0 unspecified atom stereocenters. The summed E-state index contributed by atoms with van der Waals surface area (Å²) in [5, 5.41) is 4.18. The molecule has 1 atom stereocenters. The van der Waals surface area contributed by atoms with Gasteiger partial charge in [0.05, 0.1) is 12.3 Å². The van der Waals surface area contributed by atoms with Gasteiger partial charge < -0.3 is 9.57 Å². The van der Waals surface area contributed by atoms with E-state index in [4.69, 9.17) is 9.57 Å². The van der Waals surface area contributed by atoms with Crippen LogP contribution in [0.2, 0.25) is 0 Å². The van der Waals surface area contributed by atoms with E-state index in [9.17, 15) is 0 Å². The van der Waals surface area contributed by atoms with Gasteiger partial charge in [0.25, 0.3) is 0 Å². The lowest BCUT2D eigenvalue weighted by atomic mass is 10.1. The number of aryl methyl sites for hydroxylation is 1. The Labute approximate surface area is 88.7 Å². The normalized spacial score (nSPS) is 25.3. The first kappa shape index (κ1) is 8.92. The van der Waals surface area contributed by atoms with E-state index in [0.717, 1.165) is 25.2 Å². The van der Waals surface area contributed by atoms with E-state index >= 15 is 0 Å². The summed E-state index contributed by atoms with van der Waals surface area (Å²) >= 11 is 0. The molecule has 0 bridgehead atoms. The van der Waals surface area contributed by atoms with Gasteiger partial charge in [0.15, 0.2) is 0 Å². The molecule has 1 fully saturated rings. The fraction of sp³-hybridized carbons (Fsp3) is 0.417. The van der Waals surface area contributed by atoms with Crippen molar-refractivity contribution < 1.29 is 9.57 Å². The zero-order valence-electron chi connectivity index (χ0n) is 8.48. The average Bonchev–Trinajstić information content (AvgIpc) is 3.00. The fourth-order valence-corrected chi connectivity index (χ4v) is 1.86. The summed E-state index contributed by atoms with van der Waals surface area (Å²) in [4.78, 5) is 5.26. The lowest BCUT2D eigenvalue weighted by Crippen LogP contribution is -2.01. The molecule has 78 valence electrons. The van der Waals surface area contributed by atoms with Gasteiger partial charge in [-0.2, -0.15) is 0 Å². The third-order valence-corrected chi connectivity index (χ3v) is 2.80. The molecule has 1 heterocycles. The van der Waals surface area contributed by atoms with Crippen LogP contribution in [0.4, 0.5) is 0 Å². The first-order valence-electron chi connectivity index (χ1n) is 5.32. The van der Waals surface area contributed by atoms with Gasteiger partial charge in [0, 0.05) is 5.56 Å². The number of fused-ring (bicyclic) bond motifs is 1. The lowest BCUT2D eigenvalue weighted by Gasteiger charge is -1.99. The van der Waals surface area contributed by atoms with Gasteiger partial charge in [-0.25, -0.2) is 0 Å². The van der Waals surface area contributed by atoms with Crippen LogP contribution in [0.15, 0.2) is 29.4 Å². The van der Waals surface area contributed by atoms with Crippen molar-refractivity contribution in [2.24, 2.45) is 5.16 Å². The summed E-state index contributed by atoms with van der Waals surface area (Å²) in [7, 11) is 0. The highest BCUT2D eigenvalue weighted by molar-refractivity contribution is 6.04. The zero-order chi connectivity index (χ0) is 10.1. The summed E-state index contributed by atoms with van der Waals surface area (Å²) < 4.78 is 5.05. The van der Waals surface area contributed by atoms with Crippen molar-refractivity contribution in [1.82, 2.24) is 0 Å². The molecule has 1 aliphatic heterocycles. The van der Waals surface area contributed by atoms with Gasteiger partial charge in [-0.15, -0.1) is 0 Å². The molecule has 1 aliphatic carbocycles. The largest absolute Gasteiger partial charge is 0.393 e. The van der Waals surface area contributed by atoms with E-state index in [1.54, 1.807) is 0 Å². The first-order chi connectivity index (χ1) is 7.43. The molecular formula is C12H13NO2. The second-order valence-corrected chi connectivity index (χ2v) is 3.95. The Hall–Kier alpha value is -1.35. The fourth-order valence-electron chi connectivity index (χ4n) is 1.86. The molecule has 2 aliphatic rings. The Balaban J connectivity index is 1.71. The maximum atomic E-state index is 5.26. The minimum atomic E-state index is 0.283. The summed E-state index contributed by atoms with van der Waals surface area (Å²) in [5.74, 6) is 0. The maximum Gasteiger partial charge on any atom is 0.145 e. The highest BCUT2D eigenvalue weighted by Gasteiger charge is 2.23. The lowest BCUT2D eigenvalue weighted by molar-refractivity contribution is 0.124. The molecule has 0 saturated carbocycles. The summed E-state index contributed by atoms with van der Waals surface area (Å²) in [6.45, 7) is 1.41. The molecule has 0 aromatic heterocycles.